The van der Waals surface area contributed by atoms with Crippen molar-refractivity contribution in [1.29, 1.82) is 0 Å². The zero-order valence-electron chi connectivity index (χ0n) is 31.5. The second kappa shape index (κ2) is 36.3. The molecule has 0 aliphatic carbocycles. The molecule has 4 N–H and O–H groups in total. The normalized spacial score (nSPS) is 13.8. The number of carbonyl (C=O) groups is 4. The van der Waals surface area contributed by atoms with Crippen molar-refractivity contribution < 1.29 is 34.1 Å². The Labute approximate surface area is 312 Å². The Morgan fingerprint density at radius 2 is 1.06 bits per heavy atom. The molecular formula is C43H64N2O7. The molecule has 0 aromatic carbocycles. The maximum atomic E-state index is 12.6. The molecule has 0 rings (SSSR count). The van der Waals surface area contributed by atoms with Crippen molar-refractivity contribution in [3.8, 4) is 0 Å². The minimum Gasteiger partial charge on any atom is -0.480 e. The van der Waals surface area contributed by atoms with E-state index in [0.29, 0.717) is 32.1 Å². The number of hydrogen-bond acceptors (Lipinski definition) is 6. The van der Waals surface area contributed by atoms with Crippen LogP contribution in [0.4, 0.5) is 0 Å². The number of carboxylic acids is 1. The molecule has 0 fully saturated rings. The third kappa shape index (κ3) is 32.7. The second-order valence-electron chi connectivity index (χ2n) is 11.9. The minimum absolute atomic E-state index is 0.161. The first-order valence-corrected chi connectivity index (χ1v) is 18.8. The largest absolute Gasteiger partial charge is 0.480 e. The van der Waals surface area contributed by atoms with Gasteiger partial charge < -0.3 is 25.6 Å². The molecule has 0 aromatic heterocycles. The van der Waals surface area contributed by atoms with Gasteiger partial charge in [0.15, 0.2) is 0 Å². The number of ether oxygens (including phenoxy) is 1. The fraction of sp³-hybridized carbons (Fsp3) is 0.488. The van der Waals surface area contributed by atoms with Gasteiger partial charge in [-0.15, -0.1) is 0 Å². The van der Waals surface area contributed by atoms with Crippen molar-refractivity contribution >= 4 is 23.8 Å². The summed E-state index contributed by atoms with van der Waals surface area (Å²) in [5.74, 6) is -2.70. The van der Waals surface area contributed by atoms with E-state index in [9.17, 15) is 19.2 Å². The number of carbonyl (C=O) groups excluding carboxylic acids is 3. The van der Waals surface area contributed by atoms with Crippen LogP contribution >= 0.6 is 0 Å². The van der Waals surface area contributed by atoms with Crippen molar-refractivity contribution in [1.82, 2.24) is 10.6 Å². The standard InChI is InChI=1S/C43H64N2O7/c1-3-5-7-9-11-13-15-17-19-20-22-24-26-28-32-38(33-30-31-34-40(47)44-36-41(48)45-39(37-46)43(50)51)52-42(49)35-29-27-25-23-21-18-16-14-12-10-8-6-4-2/h5-8,11-14,17-19,21-22,24-25,27-28,32,38-39,46H,3-4,9-10,15-16,20,23,26,29-31,33-37H2,1-2H3,(H,44,47)(H,45,48)(H,50,51)/b7-5-,8-6-,13-11-,14-12-,19-17-,21-18-,24-22-,27-25-,32-28-. The van der Waals surface area contributed by atoms with E-state index >= 15 is 0 Å². The van der Waals surface area contributed by atoms with Crippen molar-refractivity contribution in [3.63, 3.8) is 0 Å². The highest BCUT2D eigenvalue weighted by Gasteiger charge is 2.18. The molecule has 0 heterocycles. The topological polar surface area (TPSA) is 142 Å². The van der Waals surface area contributed by atoms with Crippen LogP contribution in [0.5, 0.6) is 0 Å². The fourth-order valence-electron chi connectivity index (χ4n) is 4.43. The van der Waals surface area contributed by atoms with Gasteiger partial charge in [-0.25, -0.2) is 4.79 Å². The molecule has 0 saturated carbocycles. The molecule has 2 amide bonds. The summed E-state index contributed by atoms with van der Waals surface area (Å²) < 4.78 is 5.77. The first-order valence-electron chi connectivity index (χ1n) is 18.8. The minimum atomic E-state index is -1.42. The second-order valence-corrected chi connectivity index (χ2v) is 11.9. The lowest BCUT2D eigenvalue weighted by atomic mass is 10.1. The van der Waals surface area contributed by atoms with E-state index in [-0.39, 0.29) is 31.3 Å². The van der Waals surface area contributed by atoms with E-state index < -0.39 is 30.6 Å². The zero-order valence-corrected chi connectivity index (χ0v) is 31.5. The van der Waals surface area contributed by atoms with E-state index in [4.69, 9.17) is 14.9 Å². The summed E-state index contributed by atoms with van der Waals surface area (Å²) in [5.41, 5.74) is 0. The molecule has 9 nitrogen and oxygen atoms in total. The van der Waals surface area contributed by atoms with Crippen LogP contribution in [-0.2, 0) is 23.9 Å². The van der Waals surface area contributed by atoms with E-state index in [1.807, 2.05) is 24.3 Å². The Morgan fingerprint density at radius 1 is 0.596 bits per heavy atom. The smallest absolute Gasteiger partial charge is 0.328 e. The van der Waals surface area contributed by atoms with Crippen LogP contribution in [0.1, 0.15) is 110 Å². The average molecular weight is 721 g/mol. The highest BCUT2D eigenvalue weighted by Crippen LogP contribution is 2.12. The summed E-state index contributed by atoms with van der Waals surface area (Å²) in [4.78, 5) is 47.6. The summed E-state index contributed by atoms with van der Waals surface area (Å²) in [7, 11) is 0. The average Bonchev–Trinajstić information content (AvgIpc) is 3.13. The van der Waals surface area contributed by atoms with Gasteiger partial charge in [0.25, 0.3) is 0 Å². The van der Waals surface area contributed by atoms with Gasteiger partial charge in [0.05, 0.1) is 13.2 Å². The van der Waals surface area contributed by atoms with Crippen LogP contribution < -0.4 is 10.6 Å². The van der Waals surface area contributed by atoms with Gasteiger partial charge in [-0.3, -0.25) is 14.4 Å². The Kier molecular flexibility index (Phi) is 33.2. The molecule has 0 saturated heterocycles. The van der Waals surface area contributed by atoms with Gasteiger partial charge in [-0.05, 0) is 89.5 Å². The number of nitrogens with one attached hydrogen (secondary N) is 2. The first kappa shape index (κ1) is 47.5. The molecule has 0 aromatic rings. The van der Waals surface area contributed by atoms with Crippen molar-refractivity contribution in [3.05, 3.63) is 109 Å². The molecular weight excluding hydrogens is 656 g/mol. The van der Waals surface area contributed by atoms with Crippen LogP contribution in [0.15, 0.2) is 109 Å². The molecule has 288 valence electrons. The lowest BCUT2D eigenvalue weighted by Crippen LogP contribution is -2.47. The predicted molar refractivity (Wildman–Crippen MR) is 212 cm³/mol. The van der Waals surface area contributed by atoms with Crippen molar-refractivity contribution in [2.24, 2.45) is 0 Å². The maximum absolute atomic E-state index is 12.6. The molecule has 0 aliphatic rings. The lowest BCUT2D eigenvalue weighted by Gasteiger charge is -2.14. The van der Waals surface area contributed by atoms with Crippen LogP contribution in [0.3, 0.4) is 0 Å². The van der Waals surface area contributed by atoms with Gasteiger partial charge in [0, 0.05) is 12.8 Å². The molecule has 2 unspecified atom stereocenters. The van der Waals surface area contributed by atoms with E-state index in [0.717, 1.165) is 51.4 Å². The van der Waals surface area contributed by atoms with Gasteiger partial charge in [-0.1, -0.05) is 117 Å². The zero-order chi connectivity index (χ0) is 38.3. The number of allylic oxidation sites excluding steroid dienone is 17. The lowest BCUT2D eigenvalue weighted by molar-refractivity contribution is -0.147. The Balaban J connectivity index is 4.76. The highest BCUT2D eigenvalue weighted by molar-refractivity contribution is 5.87. The van der Waals surface area contributed by atoms with E-state index in [1.54, 1.807) is 0 Å². The number of carboxylic acid groups (broad SMARTS) is 1. The molecule has 2 atom stereocenters. The highest BCUT2D eigenvalue weighted by atomic mass is 16.5. The quantitative estimate of drug-likeness (QED) is 0.0320. The number of amides is 2. The Hall–Kier alpha value is -4.50. The van der Waals surface area contributed by atoms with E-state index in [2.05, 4.69) is 110 Å². The maximum Gasteiger partial charge on any atom is 0.328 e. The van der Waals surface area contributed by atoms with Gasteiger partial charge in [0.2, 0.25) is 11.8 Å². The summed E-state index contributed by atoms with van der Waals surface area (Å²) in [6, 6.07) is -1.42. The Bertz CT molecular complexity index is 1240. The molecule has 0 aliphatic heterocycles. The first-order chi connectivity index (χ1) is 25.3. The van der Waals surface area contributed by atoms with Gasteiger partial charge in [0.1, 0.15) is 12.1 Å². The molecule has 0 bridgehead atoms. The Morgan fingerprint density at radius 3 is 1.52 bits per heavy atom. The number of hydrogen-bond donors (Lipinski definition) is 4. The number of esters is 1. The fourth-order valence-corrected chi connectivity index (χ4v) is 4.43. The molecule has 9 heteroatoms. The van der Waals surface area contributed by atoms with E-state index in [1.165, 1.54) is 0 Å². The number of aliphatic hydroxyl groups excluding tert-OH is 1. The van der Waals surface area contributed by atoms with Crippen molar-refractivity contribution in [2.75, 3.05) is 13.2 Å². The molecule has 0 spiro atoms. The number of rotatable bonds is 31. The van der Waals surface area contributed by atoms with Crippen molar-refractivity contribution in [2.45, 2.75) is 122 Å². The third-order valence-corrected chi connectivity index (χ3v) is 7.26. The summed E-state index contributed by atoms with van der Waals surface area (Å²) >= 11 is 0. The SMILES string of the molecule is CC/C=C\C/C=C\C/C=C\C/C=C\C/C=C\C(CCCCC(=O)NCC(=O)NC(CO)C(=O)O)OC(=O)CC/C=C\C/C=C\C/C=C\C/C=C\CC. The number of aliphatic hydroxyl groups is 1. The third-order valence-electron chi connectivity index (χ3n) is 7.26. The van der Waals surface area contributed by atoms with Crippen LogP contribution in [0, 0.1) is 0 Å². The molecule has 0 radical (unpaired) electrons. The van der Waals surface area contributed by atoms with Gasteiger partial charge >= 0.3 is 11.9 Å². The van der Waals surface area contributed by atoms with Gasteiger partial charge in [-0.2, -0.15) is 0 Å². The number of aliphatic carboxylic acids is 1. The monoisotopic (exact) mass is 720 g/mol. The number of unbranched alkanes of at least 4 members (excludes halogenated alkanes) is 1. The van der Waals surface area contributed by atoms with Crippen LogP contribution in [0.25, 0.3) is 0 Å². The van der Waals surface area contributed by atoms with Crippen LogP contribution in [0.2, 0.25) is 0 Å². The summed E-state index contributed by atoms with van der Waals surface area (Å²) in [6.07, 6.45) is 48.4. The van der Waals surface area contributed by atoms with Crippen LogP contribution in [-0.4, -0.2) is 59.3 Å². The molecule has 52 heavy (non-hydrogen) atoms. The predicted octanol–water partition coefficient (Wildman–Crippen LogP) is 8.47. The summed E-state index contributed by atoms with van der Waals surface area (Å²) in [5, 5.41) is 22.5. The summed E-state index contributed by atoms with van der Waals surface area (Å²) in [6.45, 7) is 3.12.